The molecule has 2 amide bonds. The summed E-state index contributed by atoms with van der Waals surface area (Å²) in [5.74, 6) is -0.134. The van der Waals surface area contributed by atoms with Gasteiger partial charge >= 0.3 is 0 Å². The van der Waals surface area contributed by atoms with Crippen LogP contribution in [-0.2, 0) is 4.79 Å². The summed E-state index contributed by atoms with van der Waals surface area (Å²) in [6.45, 7) is 2.40. The van der Waals surface area contributed by atoms with Crippen molar-refractivity contribution < 1.29 is 19.4 Å². The molecule has 142 valence electrons. The van der Waals surface area contributed by atoms with Crippen LogP contribution < -0.4 is 15.5 Å². The second-order valence-corrected chi connectivity index (χ2v) is 6.47. The molecule has 0 aromatic heterocycles. The molecule has 27 heavy (non-hydrogen) atoms. The number of aromatic hydroxyl groups is 1. The van der Waals surface area contributed by atoms with Crippen LogP contribution in [0.15, 0.2) is 52.0 Å². The molecule has 0 aliphatic heterocycles. The van der Waals surface area contributed by atoms with Crippen molar-refractivity contribution in [3.63, 3.8) is 0 Å². The number of phenolic OH excluding ortho intramolecular Hbond substituents is 1. The number of hydrazone groups is 1. The molecule has 2 aromatic rings. The van der Waals surface area contributed by atoms with Crippen LogP contribution >= 0.6 is 15.9 Å². The van der Waals surface area contributed by atoms with E-state index in [9.17, 15) is 14.7 Å². The van der Waals surface area contributed by atoms with Gasteiger partial charge in [0, 0.05) is 15.6 Å². The molecular formula is C19H20BrN3O4. The second kappa shape index (κ2) is 10.3. The summed E-state index contributed by atoms with van der Waals surface area (Å²) in [5, 5.41) is 15.9. The molecule has 0 spiro atoms. The van der Waals surface area contributed by atoms with Gasteiger partial charge in [0.05, 0.1) is 19.4 Å². The van der Waals surface area contributed by atoms with E-state index in [0.717, 1.165) is 10.9 Å². The summed E-state index contributed by atoms with van der Waals surface area (Å²) in [6.07, 6.45) is 2.22. The lowest BCUT2D eigenvalue weighted by molar-refractivity contribution is -0.120. The smallest absolute Gasteiger partial charge is 0.259 e. The normalized spacial score (nSPS) is 10.6. The van der Waals surface area contributed by atoms with Crippen LogP contribution in [0, 0.1) is 0 Å². The number of halogens is 1. The van der Waals surface area contributed by atoms with E-state index < -0.39 is 5.91 Å². The topological polar surface area (TPSA) is 100 Å². The molecule has 0 unspecified atom stereocenters. The summed E-state index contributed by atoms with van der Waals surface area (Å²) in [5.41, 5.74) is 3.16. The lowest BCUT2D eigenvalue weighted by Gasteiger charge is -2.07. The molecule has 0 atom stereocenters. The van der Waals surface area contributed by atoms with E-state index in [1.54, 1.807) is 36.4 Å². The zero-order valence-corrected chi connectivity index (χ0v) is 16.3. The first-order valence-electron chi connectivity index (χ1n) is 8.31. The molecule has 8 heteroatoms. The first-order valence-corrected chi connectivity index (χ1v) is 9.10. The van der Waals surface area contributed by atoms with Crippen LogP contribution in [0.3, 0.4) is 0 Å². The molecule has 0 aliphatic carbocycles. The fraction of sp³-hybridized carbons (Fsp3) is 0.211. The van der Waals surface area contributed by atoms with E-state index in [-0.39, 0.29) is 18.2 Å². The van der Waals surface area contributed by atoms with E-state index >= 15 is 0 Å². The first kappa shape index (κ1) is 20.4. The van der Waals surface area contributed by atoms with Crippen molar-refractivity contribution in [2.24, 2.45) is 5.10 Å². The standard InChI is InChI=1S/C19H20BrN3O4/c1-2-9-27-16-6-3-13(4-7-16)19(26)21-12-18(25)23-22-11-14-10-15(20)5-8-17(14)24/h3-8,10-11,24H,2,9,12H2,1H3,(H,21,26)(H,23,25)/b22-11+. The van der Waals surface area contributed by atoms with E-state index in [1.165, 1.54) is 12.3 Å². The largest absolute Gasteiger partial charge is 0.507 e. The number of amides is 2. The summed E-state index contributed by atoms with van der Waals surface area (Å²) >= 11 is 3.28. The van der Waals surface area contributed by atoms with Crippen molar-refractivity contribution in [1.82, 2.24) is 10.7 Å². The quantitative estimate of drug-likeness (QED) is 0.440. The van der Waals surface area contributed by atoms with Crippen LogP contribution in [0.2, 0.25) is 0 Å². The molecule has 0 aliphatic rings. The van der Waals surface area contributed by atoms with E-state index in [2.05, 4.69) is 31.8 Å². The Bertz CT molecular complexity index is 822. The summed E-state index contributed by atoms with van der Waals surface area (Å²) in [6, 6.07) is 11.5. The molecule has 2 aromatic carbocycles. The van der Waals surface area contributed by atoms with Crippen molar-refractivity contribution in [3.05, 3.63) is 58.1 Å². The zero-order valence-electron chi connectivity index (χ0n) is 14.7. The molecule has 0 radical (unpaired) electrons. The zero-order chi connectivity index (χ0) is 19.6. The highest BCUT2D eigenvalue weighted by Gasteiger charge is 2.08. The Morgan fingerprint density at radius 3 is 2.67 bits per heavy atom. The molecule has 0 bridgehead atoms. The summed E-state index contributed by atoms with van der Waals surface area (Å²) in [4.78, 5) is 23.8. The second-order valence-electron chi connectivity index (χ2n) is 5.55. The molecule has 0 saturated heterocycles. The van der Waals surface area contributed by atoms with Gasteiger partial charge < -0.3 is 15.2 Å². The molecular weight excluding hydrogens is 414 g/mol. The van der Waals surface area contributed by atoms with E-state index in [0.29, 0.717) is 23.5 Å². The van der Waals surface area contributed by atoms with Gasteiger partial charge in [-0.1, -0.05) is 22.9 Å². The third-order valence-electron chi connectivity index (χ3n) is 3.38. The number of nitrogens with zero attached hydrogens (tertiary/aromatic N) is 1. The molecule has 3 N–H and O–H groups in total. The highest BCUT2D eigenvalue weighted by atomic mass is 79.9. The third-order valence-corrected chi connectivity index (χ3v) is 3.87. The molecule has 0 saturated carbocycles. The average Bonchev–Trinajstić information content (AvgIpc) is 2.67. The SMILES string of the molecule is CCCOc1ccc(C(=O)NCC(=O)N/N=C/c2cc(Br)ccc2O)cc1. The number of benzene rings is 2. The minimum atomic E-state index is -0.489. The summed E-state index contributed by atoms with van der Waals surface area (Å²) < 4.78 is 6.22. The Morgan fingerprint density at radius 2 is 1.96 bits per heavy atom. The van der Waals surface area contributed by atoms with Gasteiger partial charge in [0.25, 0.3) is 11.8 Å². The van der Waals surface area contributed by atoms with Crippen molar-refractivity contribution in [3.8, 4) is 11.5 Å². The minimum absolute atomic E-state index is 0.0378. The highest BCUT2D eigenvalue weighted by Crippen LogP contribution is 2.19. The summed E-state index contributed by atoms with van der Waals surface area (Å²) in [7, 11) is 0. The number of nitrogens with one attached hydrogen (secondary N) is 2. The Morgan fingerprint density at radius 1 is 1.22 bits per heavy atom. The minimum Gasteiger partial charge on any atom is -0.507 e. The highest BCUT2D eigenvalue weighted by molar-refractivity contribution is 9.10. The Labute approximate surface area is 165 Å². The fourth-order valence-electron chi connectivity index (χ4n) is 2.03. The molecule has 0 fully saturated rings. The maximum atomic E-state index is 12.0. The number of carbonyl (C=O) groups excluding carboxylic acids is 2. The van der Waals surface area contributed by atoms with Crippen LogP contribution in [0.25, 0.3) is 0 Å². The van der Waals surface area contributed by atoms with Crippen molar-refractivity contribution in [2.45, 2.75) is 13.3 Å². The molecule has 0 heterocycles. The number of carbonyl (C=O) groups is 2. The first-order chi connectivity index (χ1) is 13.0. The van der Waals surface area contributed by atoms with Crippen molar-refractivity contribution >= 4 is 34.0 Å². The predicted octanol–water partition coefficient (Wildman–Crippen LogP) is 2.82. The fourth-order valence-corrected chi connectivity index (χ4v) is 2.41. The van der Waals surface area contributed by atoms with Crippen LogP contribution in [0.1, 0.15) is 29.3 Å². The maximum absolute atomic E-state index is 12.0. The van der Waals surface area contributed by atoms with Crippen molar-refractivity contribution in [2.75, 3.05) is 13.2 Å². The monoisotopic (exact) mass is 433 g/mol. The number of hydrogen-bond donors (Lipinski definition) is 3. The van der Waals surface area contributed by atoms with Crippen molar-refractivity contribution in [1.29, 1.82) is 0 Å². The Balaban J connectivity index is 1.80. The van der Waals surface area contributed by atoms with Gasteiger partial charge in [0.2, 0.25) is 0 Å². The van der Waals surface area contributed by atoms with Crippen LogP contribution in [0.4, 0.5) is 0 Å². The van der Waals surface area contributed by atoms with E-state index in [1.807, 2.05) is 6.92 Å². The van der Waals surface area contributed by atoms with Gasteiger partial charge in [-0.2, -0.15) is 5.10 Å². The van der Waals surface area contributed by atoms with Gasteiger partial charge in [0.1, 0.15) is 11.5 Å². The van der Waals surface area contributed by atoms with E-state index in [4.69, 9.17) is 4.74 Å². The van der Waals surface area contributed by atoms with Gasteiger partial charge in [-0.25, -0.2) is 5.43 Å². The van der Waals surface area contributed by atoms with Gasteiger partial charge in [-0.15, -0.1) is 0 Å². The lowest BCUT2D eigenvalue weighted by atomic mass is 10.2. The molecule has 2 rings (SSSR count). The average molecular weight is 434 g/mol. The third kappa shape index (κ3) is 6.74. The maximum Gasteiger partial charge on any atom is 0.259 e. The van der Waals surface area contributed by atoms with Crippen LogP contribution in [0.5, 0.6) is 11.5 Å². The number of rotatable bonds is 8. The van der Waals surface area contributed by atoms with Gasteiger partial charge in [0.15, 0.2) is 0 Å². The van der Waals surface area contributed by atoms with Gasteiger partial charge in [-0.3, -0.25) is 9.59 Å². The predicted molar refractivity (Wildman–Crippen MR) is 106 cm³/mol. The van der Waals surface area contributed by atoms with Crippen LogP contribution in [-0.4, -0.2) is 36.3 Å². The number of ether oxygens (including phenoxy) is 1. The van der Waals surface area contributed by atoms with Gasteiger partial charge in [-0.05, 0) is 48.9 Å². The number of hydrogen-bond acceptors (Lipinski definition) is 5. The molecule has 7 nitrogen and oxygen atoms in total. The Kier molecular flexibility index (Phi) is 7.81. The number of phenols is 1. The Hall–Kier alpha value is -2.87. The lowest BCUT2D eigenvalue weighted by Crippen LogP contribution is -2.34.